The fourth-order valence-corrected chi connectivity index (χ4v) is 3.27. The molecule has 128 valence electrons. The Morgan fingerprint density at radius 2 is 2.21 bits per heavy atom. The summed E-state index contributed by atoms with van der Waals surface area (Å²) in [6.45, 7) is 4.38. The van der Waals surface area contributed by atoms with Crippen molar-refractivity contribution in [3.8, 4) is 5.75 Å². The maximum atomic E-state index is 11.9. The van der Waals surface area contributed by atoms with E-state index >= 15 is 0 Å². The van der Waals surface area contributed by atoms with Crippen LogP contribution in [-0.4, -0.2) is 29.6 Å². The SMILES string of the molecule is CCCCCN1CCOc2cc3c(Cl)c([N+](=O)[O-])c(=O)[nH]c3cc21. The van der Waals surface area contributed by atoms with E-state index in [0.717, 1.165) is 38.0 Å². The van der Waals surface area contributed by atoms with Gasteiger partial charge in [-0.05, 0) is 18.6 Å². The molecule has 1 aliphatic heterocycles. The van der Waals surface area contributed by atoms with Crippen LogP contribution in [0.15, 0.2) is 16.9 Å². The van der Waals surface area contributed by atoms with Crippen LogP contribution < -0.4 is 15.2 Å². The van der Waals surface area contributed by atoms with Crippen LogP contribution in [0.25, 0.3) is 10.9 Å². The van der Waals surface area contributed by atoms with E-state index in [2.05, 4.69) is 16.8 Å². The Morgan fingerprint density at radius 1 is 1.42 bits per heavy atom. The molecular weight excluding hydrogens is 334 g/mol. The van der Waals surface area contributed by atoms with Gasteiger partial charge in [0, 0.05) is 11.9 Å². The summed E-state index contributed by atoms with van der Waals surface area (Å²) in [4.78, 5) is 27.0. The number of nitrogens with zero attached hydrogens (tertiary/aromatic N) is 2. The maximum Gasteiger partial charge on any atom is 0.352 e. The molecule has 1 aliphatic rings. The highest BCUT2D eigenvalue weighted by molar-refractivity contribution is 6.37. The second kappa shape index (κ2) is 6.68. The lowest BCUT2D eigenvalue weighted by atomic mass is 10.1. The molecule has 0 spiro atoms. The van der Waals surface area contributed by atoms with E-state index in [4.69, 9.17) is 16.3 Å². The van der Waals surface area contributed by atoms with E-state index in [1.807, 2.05) is 0 Å². The fourth-order valence-electron chi connectivity index (χ4n) is 2.96. The summed E-state index contributed by atoms with van der Waals surface area (Å²) in [5, 5.41) is 11.3. The number of H-pyrrole nitrogens is 1. The minimum absolute atomic E-state index is 0.159. The third kappa shape index (κ3) is 2.91. The molecule has 2 aromatic rings. The fraction of sp³-hybridized carbons (Fsp3) is 0.438. The maximum absolute atomic E-state index is 11.9. The normalized spacial score (nSPS) is 13.7. The second-order valence-electron chi connectivity index (χ2n) is 5.78. The minimum atomic E-state index is -0.799. The van der Waals surface area contributed by atoms with Crippen LogP contribution in [-0.2, 0) is 0 Å². The predicted molar refractivity (Wildman–Crippen MR) is 93.5 cm³/mol. The van der Waals surface area contributed by atoms with Crippen LogP contribution >= 0.6 is 11.6 Å². The van der Waals surface area contributed by atoms with Crippen LogP contribution in [0.1, 0.15) is 26.2 Å². The monoisotopic (exact) mass is 351 g/mol. The number of halogens is 1. The molecule has 1 N–H and O–H groups in total. The van der Waals surface area contributed by atoms with Crippen molar-refractivity contribution in [1.29, 1.82) is 0 Å². The van der Waals surface area contributed by atoms with E-state index in [-0.39, 0.29) is 5.02 Å². The number of nitrogens with one attached hydrogen (secondary N) is 1. The molecule has 0 saturated heterocycles. The lowest BCUT2D eigenvalue weighted by molar-refractivity contribution is -0.386. The number of aromatic amines is 1. The first-order valence-corrected chi connectivity index (χ1v) is 8.32. The topological polar surface area (TPSA) is 88.5 Å². The van der Waals surface area contributed by atoms with Gasteiger partial charge in [-0.2, -0.15) is 0 Å². The van der Waals surface area contributed by atoms with Gasteiger partial charge in [0.15, 0.2) is 0 Å². The zero-order valence-corrected chi connectivity index (χ0v) is 14.1. The molecule has 1 aromatic carbocycles. The highest BCUT2D eigenvalue weighted by atomic mass is 35.5. The zero-order chi connectivity index (χ0) is 17.3. The number of unbranched alkanes of at least 4 members (excludes halogenated alkanes) is 2. The van der Waals surface area contributed by atoms with Gasteiger partial charge in [-0.1, -0.05) is 31.4 Å². The van der Waals surface area contributed by atoms with Crippen LogP contribution in [0.3, 0.4) is 0 Å². The minimum Gasteiger partial charge on any atom is -0.490 e. The average Bonchev–Trinajstić information content (AvgIpc) is 2.54. The third-order valence-electron chi connectivity index (χ3n) is 4.18. The Morgan fingerprint density at radius 3 is 2.92 bits per heavy atom. The summed E-state index contributed by atoms with van der Waals surface area (Å²) < 4.78 is 5.69. The van der Waals surface area contributed by atoms with Crippen LogP contribution in [0.2, 0.25) is 5.02 Å². The Balaban J connectivity index is 2.09. The Hall–Kier alpha value is -2.28. The van der Waals surface area contributed by atoms with Crippen molar-refractivity contribution >= 4 is 33.9 Å². The molecule has 2 heterocycles. The summed E-state index contributed by atoms with van der Waals surface area (Å²) in [5.41, 5.74) is -0.0859. The Labute approximate surface area is 143 Å². The standard InChI is InChI=1S/C16H18ClN3O4/c1-2-3-4-5-19-6-7-24-13-8-10-11(9-12(13)19)18-16(21)15(14(10)17)20(22)23/h8-9H,2-7H2,1H3,(H,18,21). The van der Waals surface area contributed by atoms with Gasteiger partial charge in [-0.3, -0.25) is 14.9 Å². The first-order chi connectivity index (χ1) is 11.5. The molecule has 0 fully saturated rings. The number of anilines is 1. The van der Waals surface area contributed by atoms with Crippen LogP contribution in [0.5, 0.6) is 5.75 Å². The van der Waals surface area contributed by atoms with E-state index in [1.54, 1.807) is 12.1 Å². The molecule has 0 amide bonds. The van der Waals surface area contributed by atoms with Gasteiger partial charge in [0.05, 0.1) is 22.7 Å². The molecule has 8 heteroatoms. The predicted octanol–water partition coefficient (Wildman–Crippen LogP) is 3.48. The molecule has 0 bridgehead atoms. The van der Waals surface area contributed by atoms with Crippen molar-refractivity contribution in [1.82, 2.24) is 4.98 Å². The van der Waals surface area contributed by atoms with Gasteiger partial charge >= 0.3 is 11.2 Å². The summed E-state index contributed by atoms with van der Waals surface area (Å²) in [6, 6.07) is 3.45. The second-order valence-corrected chi connectivity index (χ2v) is 6.16. The van der Waals surface area contributed by atoms with Crippen molar-refractivity contribution in [2.24, 2.45) is 0 Å². The smallest absolute Gasteiger partial charge is 0.352 e. The molecule has 0 radical (unpaired) electrons. The Kier molecular flexibility index (Phi) is 4.62. The molecule has 0 aliphatic carbocycles. The van der Waals surface area contributed by atoms with Gasteiger partial charge in [-0.15, -0.1) is 0 Å². The van der Waals surface area contributed by atoms with Crippen molar-refractivity contribution in [3.05, 3.63) is 37.6 Å². The van der Waals surface area contributed by atoms with Gasteiger partial charge in [-0.25, -0.2) is 0 Å². The average molecular weight is 352 g/mol. The molecule has 1 aromatic heterocycles. The highest BCUT2D eigenvalue weighted by Gasteiger charge is 2.25. The number of hydrogen-bond donors (Lipinski definition) is 1. The van der Waals surface area contributed by atoms with E-state index in [1.165, 1.54) is 0 Å². The number of pyridine rings is 1. The summed E-state index contributed by atoms with van der Waals surface area (Å²) in [5.74, 6) is 0.633. The summed E-state index contributed by atoms with van der Waals surface area (Å²) >= 11 is 6.09. The molecule has 0 unspecified atom stereocenters. The third-order valence-corrected chi connectivity index (χ3v) is 4.56. The molecule has 0 saturated carbocycles. The number of aromatic nitrogens is 1. The zero-order valence-electron chi connectivity index (χ0n) is 13.3. The van der Waals surface area contributed by atoms with Gasteiger partial charge < -0.3 is 14.6 Å². The molecule has 7 nitrogen and oxygen atoms in total. The Bertz CT molecular complexity index is 849. The molecule has 0 atom stereocenters. The quantitative estimate of drug-likeness (QED) is 0.506. The largest absolute Gasteiger partial charge is 0.490 e. The number of nitro groups is 1. The van der Waals surface area contributed by atoms with Crippen molar-refractivity contribution in [3.63, 3.8) is 0 Å². The molecule has 3 rings (SSSR count). The lowest BCUT2D eigenvalue weighted by Crippen LogP contribution is -2.33. The number of fused-ring (bicyclic) bond motifs is 2. The van der Waals surface area contributed by atoms with Crippen molar-refractivity contribution in [2.45, 2.75) is 26.2 Å². The van der Waals surface area contributed by atoms with E-state index < -0.39 is 16.2 Å². The first-order valence-electron chi connectivity index (χ1n) is 7.94. The lowest BCUT2D eigenvalue weighted by Gasteiger charge is -2.31. The van der Waals surface area contributed by atoms with Crippen molar-refractivity contribution in [2.75, 3.05) is 24.6 Å². The number of ether oxygens (including phenoxy) is 1. The summed E-state index contributed by atoms with van der Waals surface area (Å²) in [6.07, 6.45) is 3.36. The molecule has 24 heavy (non-hydrogen) atoms. The van der Waals surface area contributed by atoms with Crippen LogP contribution in [0.4, 0.5) is 11.4 Å². The van der Waals surface area contributed by atoms with E-state index in [9.17, 15) is 14.9 Å². The molecular formula is C16H18ClN3O4. The number of benzene rings is 1. The first kappa shape index (κ1) is 16.6. The van der Waals surface area contributed by atoms with Gasteiger partial charge in [0.1, 0.15) is 17.4 Å². The number of hydrogen-bond acceptors (Lipinski definition) is 5. The van der Waals surface area contributed by atoms with Crippen molar-refractivity contribution < 1.29 is 9.66 Å². The van der Waals surface area contributed by atoms with E-state index in [0.29, 0.717) is 23.3 Å². The number of rotatable bonds is 5. The van der Waals surface area contributed by atoms with Gasteiger partial charge in [0.2, 0.25) is 0 Å². The van der Waals surface area contributed by atoms with Gasteiger partial charge in [0.25, 0.3) is 0 Å². The van der Waals surface area contributed by atoms with Crippen LogP contribution in [0, 0.1) is 10.1 Å². The summed E-state index contributed by atoms with van der Waals surface area (Å²) in [7, 11) is 0. The highest BCUT2D eigenvalue weighted by Crippen LogP contribution is 2.38.